The first-order chi connectivity index (χ1) is 9.97. The predicted octanol–water partition coefficient (Wildman–Crippen LogP) is 3.12. The summed E-state index contributed by atoms with van der Waals surface area (Å²) in [5.74, 6) is 5.10. The second kappa shape index (κ2) is 8.93. The van der Waals surface area contributed by atoms with Gasteiger partial charge in [0.2, 0.25) is 5.82 Å². The topological polar surface area (TPSA) is 75.9 Å². The van der Waals surface area contributed by atoms with E-state index in [4.69, 9.17) is 5.84 Å². The zero-order chi connectivity index (χ0) is 15.7. The number of thioether (sulfide) groups is 1. The van der Waals surface area contributed by atoms with Gasteiger partial charge in [-0.1, -0.05) is 12.8 Å². The molecular weight excluding hydrogens is 303 g/mol. The lowest BCUT2D eigenvalue weighted by Gasteiger charge is -2.11. The van der Waals surface area contributed by atoms with Crippen molar-refractivity contribution in [1.82, 2.24) is 9.97 Å². The summed E-state index contributed by atoms with van der Waals surface area (Å²) < 4.78 is 37.9. The van der Waals surface area contributed by atoms with Crippen LogP contribution in [-0.2, 0) is 6.18 Å². The zero-order valence-corrected chi connectivity index (χ0v) is 12.7. The maximum atomic E-state index is 12.6. The second-order valence-electron chi connectivity index (χ2n) is 4.44. The molecule has 0 aliphatic carbocycles. The van der Waals surface area contributed by atoms with Crippen LogP contribution in [0.4, 0.5) is 24.8 Å². The number of aromatic nitrogens is 2. The summed E-state index contributed by atoms with van der Waals surface area (Å²) in [6.45, 7) is 0.567. The van der Waals surface area contributed by atoms with Gasteiger partial charge in [-0.2, -0.15) is 24.9 Å². The summed E-state index contributed by atoms with van der Waals surface area (Å²) >= 11 is 1.81. The van der Waals surface area contributed by atoms with Crippen molar-refractivity contribution in [2.45, 2.75) is 31.9 Å². The molecule has 0 aliphatic rings. The summed E-state index contributed by atoms with van der Waals surface area (Å²) in [4.78, 5) is 6.74. The number of nitrogen functional groups attached to an aromatic ring is 1. The number of hydrogen-bond donors (Lipinski definition) is 3. The van der Waals surface area contributed by atoms with Crippen LogP contribution < -0.4 is 16.6 Å². The standard InChI is InChI=1S/C12H20F3N5S/c1-21-7-5-3-2-4-6-17-9-8-10(20-16)19-11(18-9)12(13,14)15/h8H,2-7,16H2,1H3,(H2,17,18,19,20). The van der Waals surface area contributed by atoms with Crippen molar-refractivity contribution in [2.75, 3.05) is 29.3 Å². The zero-order valence-electron chi connectivity index (χ0n) is 11.8. The van der Waals surface area contributed by atoms with E-state index in [0.29, 0.717) is 6.54 Å². The number of unbranched alkanes of at least 4 members (excludes halogenated alkanes) is 3. The Labute approximate surface area is 126 Å². The Morgan fingerprint density at radius 3 is 2.43 bits per heavy atom. The molecule has 0 aliphatic heterocycles. The first-order valence-corrected chi connectivity index (χ1v) is 8.02. The minimum atomic E-state index is -4.60. The van der Waals surface area contributed by atoms with Crippen LogP contribution >= 0.6 is 11.8 Å². The van der Waals surface area contributed by atoms with E-state index in [9.17, 15) is 13.2 Å². The number of alkyl halides is 3. The van der Waals surface area contributed by atoms with E-state index >= 15 is 0 Å². The molecule has 1 aromatic rings. The van der Waals surface area contributed by atoms with Crippen molar-refractivity contribution in [3.8, 4) is 0 Å². The highest BCUT2D eigenvalue weighted by Gasteiger charge is 2.35. The van der Waals surface area contributed by atoms with Crippen LogP contribution in [-0.4, -0.2) is 28.5 Å². The molecule has 5 nitrogen and oxygen atoms in total. The Morgan fingerprint density at radius 1 is 1.14 bits per heavy atom. The van der Waals surface area contributed by atoms with E-state index < -0.39 is 12.0 Å². The first kappa shape index (κ1) is 17.8. The molecule has 0 saturated carbocycles. The van der Waals surface area contributed by atoms with Gasteiger partial charge in [-0.25, -0.2) is 15.8 Å². The van der Waals surface area contributed by atoms with Gasteiger partial charge in [0.1, 0.15) is 11.6 Å². The van der Waals surface area contributed by atoms with Gasteiger partial charge in [-0.05, 0) is 24.9 Å². The van der Waals surface area contributed by atoms with Crippen molar-refractivity contribution in [3.63, 3.8) is 0 Å². The summed E-state index contributed by atoms with van der Waals surface area (Å²) in [6.07, 6.45) is 1.67. The third-order valence-corrected chi connectivity index (χ3v) is 3.41. The van der Waals surface area contributed by atoms with Gasteiger partial charge >= 0.3 is 6.18 Å². The van der Waals surface area contributed by atoms with Crippen LogP contribution in [0.1, 0.15) is 31.5 Å². The molecule has 0 fully saturated rings. The molecule has 120 valence electrons. The van der Waals surface area contributed by atoms with Gasteiger partial charge in [-0.15, -0.1) is 0 Å². The number of nitrogens with one attached hydrogen (secondary N) is 2. The van der Waals surface area contributed by atoms with Crippen molar-refractivity contribution in [3.05, 3.63) is 11.9 Å². The van der Waals surface area contributed by atoms with Crippen molar-refractivity contribution < 1.29 is 13.2 Å². The monoisotopic (exact) mass is 323 g/mol. The van der Waals surface area contributed by atoms with Crippen LogP contribution in [0.2, 0.25) is 0 Å². The molecule has 1 aromatic heterocycles. The number of halogens is 3. The summed E-state index contributed by atoms with van der Waals surface area (Å²) in [5.41, 5.74) is 2.11. The largest absolute Gasteiger partial charge is 0.451 e. The van der Waals surface area contributed by atoms with E-state index in [0.717, 1.165) is 31.4 Å². The van der Waals surface area contributed by atoms with Crippen LogP contribution in [0, 0.1) is 0 Å². The first-order valence-electron chi connectivity index (χ1n) is 6.63. The molecule has 4 N–H and O–H groups in total. The van der Waals surface area contributed by atoms with Crippen molar-refractivity contribution >= 4 is 23.4 Å². The van der Waals surface area contributed by atoms with Gasteiger partial charge in [-0.3, -0.25) is 0 Å². The molecule has 0 bridgehead atoms. The number of nitrogens with two attached hydrogens (primary N) is 1. The number of anilines is 2. The van der Waals surface area contributed by atoms with E-state index in [1.807, 2.05) is 11.8 Å². The Balaban J connectivity index is 2.47. The highest BCUT2D eigenvalue weighted by molar-refractivity contribution is 7.98. The molecule has 0 unspecified atom stereocenters. The van der Waals surface area contributed by atoms with Gasteiger partial charge in [0.25, 0.3) is 0 Å². The van der Waals surface area contributed by atoms with E-state index in [2.05, 4.69) is 27.0 Å². The average molecular weight is 323 g/mol. The van der Waals surface area contributed by atoms with Crippen molar-refractivity contribution in [2.24, 2.45) is 5.84 Å². The Kier molecular flexibility index (Phi) is 7.58. The number of hydrazine groups is 1. The predicted molar refractivity (Wildman–Crippen MR) is 80.2 cm³/mol. The van der Waals surface area contributed by atoms with Crippen molar-refractivity contribution in [1.29, 1.82) is 0 Å². The summed E-state index contributed by atoms with van der Waals surface area (Å²) in [6, 6.07) is 1.35. The molecular formula is C12H20F3N5S. The second-order valence-corrected chi connectivity index (χ2v) is 5.42. The molecule has 0 spiro atoms. The molecule has 0 saturated heterocycles. The maximum absolute atomic E-state index is 12.6. The van der Waals surface area contributed by atoms with E-state index in [-0.39, 0.29) is 11.6 Å². The number of nitrogens with zero attached hydrogens (tertiary/aromatic N) is 2. The molecule has 0 radical (unpaired) electrons. The van der Waals surface area contributed by atoms with Crippen LogP contribution in [0.25, 0.3) is 0 Å². The van der Waals surface area contributed by atoms with Crippen LogP contribution in [0.3, 0.4) is 0 Å². The molecule has 21 heavy (non-hydrogen) atoms. The van der Waals surface area contributed by atoms with Crippen LogP contribution in [0.15, 0.2) is 6.07 Å². The normalized spacial score (nSPS) is 11.5. The van der Waals surface area contributed by atoms with Crippen LogP contribution in [0.5, 0.6) is 0 Å². The third kappa shape index (κ3) is 6.85. The van der Waals surface area contributed by atoms with Gasteiger partial charge in [0, 0.05) is 12.6 Å². The summed E-state index contributed by atoms with van der Waals surface area (Å²) in [7, 11) is 0. The highest BCUT2D eigenvalue weighted by atomic mass is 32.2. The number of rotatable bonds is 9. The molecule has 0 aromatic carbocycles. The third-order valence-electron chi connectivity index (χ3n) is 2.71. The van der Waals surface area contributed by atoms with Gasteiger partial charge < -0.3 is 10.7 Å². The lowest BCUT2D eigenvalue weighted by Crippen LogP contribution is -2.17. The summed E-state index contributed by atoms with van der Waals surface area (Å²) in [5, 5.41) is 2.87. The van der Waals surface area contributed by atoms with Gasteiger partial charge in [0.05, 0.1) is 0 Å². The minimum Gasteiger partial charge on any atom is -0.370 e. The quantitative estimate of drug-likeness (QED) is 0.368. The molecule has 0 atom stereocenters. The molecule has 1 rings (SSSR count). The molecule has 1 heterocycles. The Bertz CT molecular complexity index is 428. The molecule has 9 heteroatoms. The number of hydrogen-bond acceptors (Lipinski definition) is 6. The fourth-order valence-corrected chi connectivity index (χ4v) is 2.17. The molecule has 0 amide bonds. The fraction of sp³-hybridized carbons (Fsp3) is 0.667. The highest BCUT2D eigenvalue weighted by Crippen LogP contribution is 2.28. The Hall–Kier alpha value is -1.22. The minimum absolute atomic E-state index is 0.0696. The lowest BCUT2D eigenvalue weighted by atomic mass is 10.2. The fourth-order valence-electron chi connectivity index (χ4n) is 1.68. The van der Waals surface area contributed by atoms with E-state index in [1.54, 1.807) is 0 Å². The average Bonchev–Trinajstić information content (AvgIpc) is 2.45. The smallest absolute Gasteiger partial charge is 0.370 e. The SMILES string of the molecule is CSCCCCCCNc1cc(NN)nc(C(F)(F)F)n1. The maximum Gasteiger partial charge on any atom is 0.451 e. The lowest BCUT2D eigenvalue weighted by molar-refractivity contribution is -0.144. The Morgan fingerprint density at radius 2 is 1.81 bits per heavy atom. The van der Waals surface area contributed by atoms with E-state index in [1.165, 1.54) is 6.07 Å². The van der Waals surface area contributed by atoms with Gasteiger partial charge in [0.15, 0.2) is 0 Å².